The zero-order valence-electron chi connectivity index (χ0n) is 19.4. The minimum Gasteiger partial charge on any atom is -0.394 e. The highest BCUT2D eigenvalue weighted by Gasteiger charge is 2.61. The summed E-state index contributed by atoms with van der Waals surface area (Å²) in [5, 5.41) is 40.2. The fourth-order valence-corrected chi connectivity index (χ4v) is 8.56. The highest BCUT2D eigenvalue weighted by molar-refractivity contribution is 5.79. The van der Waals surface area contributed by atoms with Gasteiger partial charge in [-0.05, 0) is 79.4 Å². The summed E-state index contributed by atoms with van der Waals surface area (Å²) in [6.07, 6.45) is 2.84. The summed E-state index contributed by atoms with van der Waals surface area (Å²) in [6.45, 7) is 4.32. The van der Waals surface area contributed by atoms with Gasteiger partial charge in [-0.3, -0.25) is 4.79 Å². The van der Waals surface area contributed by atoms with Gasteiger partial charge in [-0.15, -0.1) is 0 Å². The molecule has 5 rings (SSSR count). The van der Waals surface area contributed by atoms with Crippen LogP contribution < -0.4 is 0 Å². The number of hydrogen-bond donors (Lipinski definition) is 4. The molecule has 1 saturated heterocycles. The number of carbonyl (C=O) groups excluding carboxylic acids is 1. The molecule has 0 aromatic carbocycles. The van der Waals surface area contributed by atoms with E-state index in [0.717, 1.165) is 51.4 Å². The fraction of sp³-hybridized carbons (Fsp3) is 0.960. The molecular weight excluding hydrogens is 412 g/mol. The number of Topliss-reactive ketones (excluding diaryl/α,β-unsaturated/α-hetero) is 1. The average molecular weight is 453 g/mol. The Bertz CT molecular complexity index is 727. The molecular formula is C25H40O7. The van der Waals surface area contributed by atoms with Gasteiger partial charge in [0.05, 0.1) is 12.7 Å². The summed E-state index contributed by atoms with van der Waals surface area (Å²) in [7, 11) is 0. The first-order chi connectivity index (χ1) is 15.2. The minimum absolute atomic E-state index is 0.0202. The average Bonchev–Trinajstić information content (AvgIpc) is 3.10. The van der Waals surface area contributed by atoms with Crippen LogP contribution in [-0.4, -0.2) is 69.6 Å². The van der Waals surface area contributed by atoms with Gasteiger partial charge in [0.15, 0.2) is 6.29 Å². The largest absolute Gasteiger partial charge is 0.394 e. The van der Waals surface area contributed by atoms with Crippen LogP contribution in [0.2, 0.25) is 0 Å². The molecule has 1 heterocycles. The van der Waals surface area contributed by atoms with Gasteiger partial charge in [-0.25, -0.2) is 0 Å². The molecule has 0 amide bonds. The van der Waals surface area contributed by atoms with Gasteiger partial charge < -0.3 is 29.9 Å². The Morgan fingerprint density at radius 1 is 0.938 bits per heavy atom. The lowest BCUT2D eigenvalue weighted by Gasteiger charge is -2.60. The van der Waals surface area contributed by atoms with Crippen LogP contribution in [0.1, 0.15) is 71.6 Å². The quantitative estimate of drug-likeness (QED) is 0.516. The van der Waals surface area contributed by atoms with E-state index in [2.05, 4.69) is 13.8 Å². The Balaban J connectivity index is 1.32. The SMILES string of the molecule is C[C@]12CCC(=O)C[C@@H]1CC[C@@H]1[C@@H]2CC[C@]2(C)[C@@H](OC3O[C@H](CO)[C@@H](O)[C@H](O)[C@H]3O)CC[C@@H]12. The second-order valence-electron chi connectivity index (χ2n) is 11.8. The number of aliphatic hydroxyl groups is 4. The maximum atomic E-state index is 12.1. The summed E-state index contributed by atoms with van der Waals surface area (Å²) in [5.41, 5.74) is 0.252. The monoisotopic (exact) mass is 452 g/mol. The number of hydrogen-bond acceptors (Lipinski definition) is 7. The Morgan fingerprint density at radius 3 is 2.44 bits per heavy atom. The molecule has 182 valence electrons. The normalized spacial score (nSPS) is 55.8. The molecule has 0 bridgehead atoms. The highest BCUT2D eigenvalue weighted by atomic mass is 16.7. The Morgan fingerprint density at radius 2 is 1.69 bits per heavy atom. The number of aliphatic hydroxyl groups excluding tert-OH is 4. The zero-order valence-corrected chi connectivity index (χ0v) is 19.4. The molecule has 7 nitrogen and oxygen atoms in total. The molecule has 0 aromatic heterocycles. The molecule has 0 aromatic rings. The Kier molecular flexibility index (Phi) is 6.00. The number of carbonyl (C=O) groups is 1. The number of fused-ring (bicyclic) bond motifs is 5. The van der Waals surface area contributed by atoms with Gasteiger partial charge in [0.1, 0.15) is 30.2 Å². The topological polar surface area (TPSA) is 116 Å². The molecule has 5 fully saturated rings. The van der Waals surface area contributed by atoms with Crippen molar-refractivity contribution in [1.82, 2.24) is 0 Å². The third-order valence-electron chi connectivity index (χ3n) is 10.5. The standard InChI is InChI=1S/C25H40O7/c1-24-9-7-14(27)11-13(24)3-4-15-16-5-6-19(25(16,2)10-8-17(15)24)32-23-22(30)21(29)20(28)18(12-26)31-23/h13,15-23,26,28-30H,3-12H2,1-2H3/t13-,15-,16-,17-,18+,19-,20+,21-,22+,23?,24-,25-/m0/s1. The van der Waals surface area contributed by atoms with E-state index in [4.69, 9.17) is 9.47 Å². The number of ketones is 1. The molecule has 0 spiro atoms. The van der Waals surface area contributed by atoms with Crippen molar-refractivity contribution in [2.75, 3.05) is 6.61 Å². The first-order valence-electron chi connectivity index (χ1n) is 12.7. The summed E-state index contributed by atoms with van der Waals surface area (Å²) in [4.78, 5) is 12.1. The first kappa shape index (κ1) is 23.2. The van der Waals surface area contributed by atoms with Crippen molar-refractivity contribution >= 4 is 5.78 Å². The molecule has 1 unspecified atom stereocenters. The summed E-state index contributed by atoms with van der Waals surface area (Å²) in [6, 6.07) is 0. The van der Waals surface area contributed by atoms with E-state index in [1.54, 1.807) is 0 Å². The molecule has 5 aliphatic rings. The maximum Gasteiger partial charge on any atom is 0.186 e. The predicted molar refractivity (Wildman–Crippen MR) is 115 cm³/mol. The van der Waals surface area contributed by atoms with E-state index < -0.39 is 37.3 Å². The van der Waals surface area contributed by atoms with Crippen molar-refractivity contribution < 1.29 is 34.7 Å². The molecule has 4 N–H and O–H groups in total. The van der Waals surface area contributed by atoms with E-state index in [0.29, 0.717) is 29.5 Å². The van der Waals surface area contributed by atoms with Crippen molar-refractivity contribution in [2.45, 2.75) is 108 Å². The van der Waals surface area contributed by atoms with Crippen molar-refractivity contribution in [3.8, 4) is 0 Å². The van der Waals surface area contributed by atoms with Crippen LogP contribution >= 0.6 is 0 Å². The summed E-state index contributed by atoms with van der Waals surface area (Å²) < 4.78 is 12.0. The van der Waals surface area contributed by atoms with E-state index in [-0.39, 0.29) is 16.9 Å². The summed E-state index contributed by atoms with van der Waals surface area (Å²) >= 11 is 0. The lowest BCUT2D eigenvalue weighted by Crippen LogP contribution is -2.60. The van der Waals surface area contributed by atoms with Gasteiger partial charge >= 0.3 is 0 Å². The third kappa shape index (κ3) is 3.42. The van der Waals surface area contributed by atoms with Gasteiger partial charge in [0, 0.05) is 12.8 Å². The van der Waals surface area contributed by atoms with Gasteiger partial charge in [0.25, 0.3) is 0 Å². The smallest absolute Gasteiger partial charge is 0.186 e. The van der Waals surface area contributed by atoms with E-state index in [9.17, 15) is 25.2 Å². The second-order valence-corrected chi connectivity index (χ2v) is 11.8. The van der Waals surface area contributed by atoms with Crippen LogP contribution in [0.15, 0.2) is 0 Å². The fourth-order valence-electron chi connectivity index (χ4n) is 8.56. The van der Waals surface area contributed by atoms with E-state index in [1.807, 2.05) is 0 Å². The molecule has 1 aliphatic heterocycles. The van der Waals surface area contributed by atoms with E-state index >= 15 is 0 Å². The lowest BCUT2D eigenvalue weighted by molar-refractivity contribution is -0.319. The van der Waals surface area contributed by atoms with Gasteiger partial charge in [0.2, 0.25) is 0 Å². The Hall–Kier alpha value is -0.570. The van der Waals surface area contributed by atoms with E-state index in [1.165, 1.54) is 6.42 Å². The maximum absolute atomic E-state index is 12.1. The van der Waals surface area contributed by atoms with Crippen LogP contribution in [-0.2, 0) is 14.3 Å². The second kappa shape index (κ2) is 8.28. The summed E-state index contributed by atoms with van der Waals surface area (Å²) in [5.74, 6) is 2.84. The zero-order chi connectivity index (χ0) is 22.8. The van der Waals surface area contributed by atoms with Crippen molar-refractivity contribution in [3.05, 3.63) is 0 Å². The molecule has 0 radical (unpaired) electrons. The first-order valence-corrected chi connectivity index (χ1v) is 12.7. The lowest BCUT2D eigenvalue weighted by atomic mass is 9.45. The Labute approximate surface area is 190 Å². The van der Waals surface area contributed by atoms with Crippen LogP contribution in [0, 0.1) is 34.5 Å². The number of rotatable bonds is 3. The molecule has 7 heteroatoms. The molecule has 4 saturated carbocycles. The third-order valence-corrected chi connectivity index (χ3v) is 10.5. The van der Waals surface area contributed by atoms with Crippen LogP contribution in [0.5, 0.6) is 0 Å². The van der Waals surface area contributed by atoms with Gasteiger partial charge in [-0.1, -0.05) is 13.8 Å². The highest BCUT2D eigenvalue weighted by Crippen LogP contribution is 2.66. The van der Waals surface area contributed by atoms with Crippen LogP contribution in [0.4, 0.5) is 0 Å². The van der Waals surface area contributed by atoms with Crippen molar-refractivity contribution in [1.29, 1.82) is 0 Å². The van der Waals surface area contributed by atoms with Gasteiger partial charge in [-0.2, -0.15) is 0 Å². The predicted octanol–water partition coefficient (Wildman–Crippen LogP) is 1.78. The van der Waals surface area contributed by atoms with Crippen LogP contribution in [0.25, 0.3) is 0 Å². The minimum atomic E-state index is -1.41. The molecule has 12 atom stereocenters. The molecule has 4 aliphatic carbocycles. The van der Waals surface area contributed by atoms with Crippen LogP contribution in [0.3, 0.4) is 0 Å². The number of ether oxygens (including phenoxy) is 2. The van der Waals surface area contributed by atoms with Crippen molar-refractivity contribution in [2.24, 2.45) is 34.5 Å². The molecule has 32 heavy (non-hydrogen) atoms. The van der Waals surface area contributed by atoms with Crippen molar-refractivity contribution in [3.63, 3.8) is 0 Å².